The molecule has 0 amide bonds. The summed E-state index contributed by atoms with van der Waals surface area (Å²) in [6.07, 6.45) is 2.90. The molecule has 0 aliphatic heterocycles. The van der Waals surface area contributed by atoms with Crippen molar-refractivity contribution in [1.82, 2.24) is 4.57 Å². The fourth-order valence-electron chi connectivity index (χ4n) is 2.81. The van der Waals surface area contributed by atoms with Gasteiger partial charge in [-0.05, 0) is 30.9 Å². The zero-order chi connectivity index (χ0) is 15.0. The van der Waals surface area contributed by atoms with Crippen LogP contribution < -0.4 is 11.3 Å². The van der Waals surface area contributed by atoms with Crippen molar-refractivity contribution in [2.75, 3.05) is 0 Å². The molecule has 2 N–H and O–H groups in total. The number of aromatic nitrogens is 1. The molecule has 3 rings (SSSR count). The van der Waals surface area contributed by atoms with Crippen molar-refractivity contribution in [2.24, 2.45) is 5.73 Å². The van der Waals surface area contributed by atoms with Crippen LogP contribution in [0.3, 0.4) is 0 Å². The molecule has 3 nitrogen and oxygen atoms in total. The van der Waals surface area contributed by atoms with Crippen molar-refractivity contribution < 1.29 is 4.39 Å². The highest BCUT2D eigenvalue weighted by Gasteiger charge is 2.17. The van der Waals surface area contributed by atoms with Crippen LogP contribution in [0.25, 0.3) is 0 Å². The third-order valence-corrected chi connectivity index (χ3v) is 4.15. The zero-order valence-electron chi connectivity index (χ0n) is 11.4. The summed E-state index contributed by atoms with van der Waals surface area (Å²) < 4.78 is 15.8. The summed E-state index contributed by atoms with van der Waals surface area (Å²) in [6.45, 7) is 0.242. The van der Waals surface area contributed by atoms with E-state index < -0.39 is 0 Å². The van der Waals surface area contributed by atoms with Crippen LogP contribution >= 0.6 is 12.2 Å². The SMILES string of the molecule is NC(=S)c1ccc(Cn2c3c(ccc2=O)CCC3)c(F)c1. The number of nitrogens with two attached hydrogens (primary N) is 1. The van der Waals surface area contributed by atoms with Crippen molar-refractivity contribution in [3.63, 3.8) is 0 Å². The van der Waals surface area contributed by atoms with Crippen molar-refractivity contribution >= 4 is 17.2 Å². The summed E-state index contributed by atoms with van der Waals surface area (Å²) in [5, 5.41) is 0. The van der Waals surface area contributed by atoms with Crippen LogP contribution in [-0.4, -0.2) is 9.56 Å². The Morgan fingerprint density at radius 1 is 1.29 bits per heavy atom. The summed E-state index contributed by atoms with van der Waals surface area (Å²) in [7, 11) is 0. The van der Waals surface area contributed by atoms with Crippen molar-refractivity contribution in [1.29, 1.82) is 0 Å². The van der Waals surface area contributed by atoms with E-state index in [2.05, 4.69) is 0 Å². The average molecular weight is 302 g/mol. The molecule has 0 unspecified atom stereocenters. The number of rotatable bonds is 3. The maximum atomic E-state index is 14.1. The maximum Gasteiger partial charge on any atom is 0.251 e. The third-order valence-electron chi connectivity index (χ3n) is 3.92. The van der Waals surface area contributed by atoms with Crippen LogP contribution in [0.5, 0.6) is 0 Å². The lowest BCUT2D eigenvalue weighted by Crippen LogP contribution is -2.23. The van der Waals surface area contributed by atoms with E-state index in [0.29, 0.717) is 11.1 Å². The molecule has 1 aliphatic carbocycles. The van der Waals surface area contributed by atoms with E-state index >= 15 is 0 Å². The van der Waals surface area contributed by atoms with Gasteiger partial charge >= 0.3 is 0 Å². The van der Waals surface area contributed by atoms with Crippen LogP contribution in [0.2, 0.25) is 0 Å². The molecule has 5 heteroatoms. The van der Waals surface area contributed by atoms with Gasteiger partial charge in [-0.25, -0.2) is 4.39 Å². The Bertz CT molecular complexity index is 782. The lowest BCUT2D eigenvalue weighted by atomic mass is 10.1. The fourth-order valence-corrected chi connectivity index (χ4v) is 2.93. The molecule has 0 saturated carbocycles. The van der Waals surface area contributed by atoms with Crippen LogP contribution in [0.4, 0.5) is 4.39 Å². The van der Waals surface area contributed by atoms with Crippen LogP contribution in [-0.2, 0) is 19.4 Å². The number of fused-ring (bicyclic) bond motifs is 1. The zero-order valence-corrected chi connectivity index (χ0v) is 12.3. The number of hydrogen-bond donors (Lipinski definition) is 1. The molecule has 0 bridgehead atoms. The quantitative estimate of drug-likeness (QED) is 0.884. The number of benzene rings is 1. The second kappa shape index (κ2) is 5.41. The molecule has 1 aliphatic rings. The summed E-state index contributed by atoms with van der Waals surface area (Å²) in [6, 6.07) is 8.10. The number of hydrogen-bond acceptors (Lipinski definition) is 2. The monoisotopic (exact) mass is 302 g/mol. The molecule has 0 atom stereocenters. The van der Waals surface area contributed by atoms with Gasteiger partial charge in [-0.15, -0.1) is 0 Å². The Kier molecular flexibility index (Phi) is 3.59. The Balaban J connectivity index is 2.00. The van der Waals surface area contributed by atoms with Crippen LogP contribution in [0, 0.1) is 5.82 Å². The van der Waals surface area contributed by atoms with E-state index in [4.69, 9.17) is 18.0 Å². The summed E-state index contributed by atoms with van der Waals surface area (Å²) in [4.78, 5) is 12.2. The average Bonchev–Trinajstić information content (AvgIpc) is 2.92. The first-order valence-electron chi connectivity index (χ1n) is 6.86. The van der Waals surface area contributed by atoms with Crippen LogP contribution in [0.1, 0.15) is 28.8 Å². The second-order valence-corrected chi connectivity index (χ2v) is 5.69. The topological polar surface area (TPSA) is 48.0 Å². The molecule has 0 fully saturated rings. The van der Waals surface area contributed by atoms with Gasteiger partial charge < -0.3 is 10.3 Å². The van der Waals surface area contributed by atoms with Gasteiger partial charge in [0.05, 0.1) is 6.54 Å². The molecule has 2 aromatic rings. The van der Waals surface area contributed by atoms with Gasteiger partial charge in [-0.1, -0.05) is 30.4 Å². The largest absolute Gasteiger partial charge is 0.389 e. The van der Waals surface area contributed by atoms with Gasteiger partial charge in [0.15, 0.2) is 0 Å². The summed E-state index contributed by atoms with van der Waals surface area (Å²) >= 11 is 4.84. The van der Waals surface area contributed by atoms with Crippen molar-refractivity contribution in [2.45, 2.75) is 25.8 Å². The minimum atomic E-state index is -0.386. The Hall–Kier alpha value is -2.01. The van der Waals surface area contributed by atoms with Gasteiger partial charge in [0, 0.05) is 22.9 Å². The first kappa shape index (κ1) is 13.9. The van der Waals surface area contributed by atoms with Crippen molar-refractivity contribution in [3.05, 3.63) is 68.9 Å². The van der Waals surface area contributed by atoms with E-state index in [1.807, 2.05) is 6.07 Å². The molecular formula is C16H15FN2OS. The molecule has 0 saturated heterocycles. The maximum absolute atomic E-state index is 14.1. The van der Waals surface area contributed by atoms with Gasteiger partial charge in [0.25, 0.3) is 5.56 Å². The lowest BCUT2D eigenvalue weighted by Gasteiger charge is -2.13. The highest BCUT2D eigenvalue weighted by Crippen LogP contribution is 2.21. The number of halogens is 1. The Morgan fingerprint density at radius 2 is 2.10 bits per heavy atom. The minimum absolute atomic E-state index is 0.0894. The number of aryl methyl sites for hydroxylation is 1. The third kappa shape index (κ3) is 2.61. The number of nitrogens with zero attached hydrogens (tertiary/aromatic N) is 1. The highest BCUT2D eigenvalue weighted by atomic mass is 32.1. The van der Waals surface area contributed by atoms with Gasteiger partial charge in [0.2, 0.25) is 0 Å². The first-order chi connectivity index (χ1) is 10.1. The summed E-state index contributed by atoms with van der Waals surface area (Å²) in [5.74, 6) is -0.386. The molecule has 1 aromatic heterocycles. The molecule has 108 valence electrons. The van der Waals surface area contributed by atoms with E-state index in [1.165, 1.54) is 11.6 Å². The highest BCUT2D eigenvalue weighted by molar-refractivity contribution is 7.80. The lowest BCUT2D eigenvalue weighted by molar-refractivity contribution is 0.590. The Morgan fingerprint density at radius 3 is 2.81 bits per heavy atom. The minimum Gasteiger partial charge on any atom is -0.389 e. The molecule has 0 radical (unpaired) electrons. The smallest absolute Gasteiger partial charge is 0.251 e. The van der Waals surface area contributed by atoms with Crippen molar-refractivity contribution in [3.8, 4) is 0 Å². The molecular weight excluding hydrogens is 287 g/mol. The fraction of sp³-hybridized carbons (Fsp3) is 0.250. The predicted molar refractivity (Wildman–Crippen MR) is 84.1 cm³/mol. The number of thiocarbonyl (C=S) groups is 1. The van der Waals surface area contributed by atoms with Gasteiger partial charge in [-0.2, -0.15) is 0 Å². The summed E-state index contributed by atoms with van der Waals surface area (Å²) in [5.41, 5.74) is 8.59. The molecule has 21 heavy (non-hydrogen) atoms. The van der Waals surface area contributed by atoms with E-state index in [1.54, 1.807) is 22.8 Å². The van der Waals surface area contributed by atoms with E-state index in [0.717, 1.165) is 25.0 Å². The number of pyridine rings is 1. The van der Waals surface area contributed by atoms with E-state index in [-0.39, 0.29) is 22.9 Å². The van der Waals surface area contributed by atoms with E-state index in [9.17, 15) is 9.18 Å². The second-order valence-electron chi connectivity index (χ2n) is 5.25. The molecule has 1 heterocycles. The first-order valence-corrected chi connectivity index (χ1v) is 7.27. The normalized spacial score (nSPS) is 13.2. The van der Waals surface area contributed by atoms with Gasteiger partial charge in [-0.3, -0.25) is 4.79 Å². The Labute approximate surface area is 127 Å². The standard InChI is InChI=1S/C16H15FN2OS/c17-13-8-11(16(18)21)4-5-12(13)9-19-14-3-1-2-10(14)6-7-15(19)20/h4-8H,1-3,9H2,(H2,18,21). The van der Waals surface area contributed by atoms with Crippen LogP contribution in [0.15, 0.2) is 35.1 Å². The predicted octanol–water partition coefficient (Wildman–Crippen LogP) is 2.16. The van der Waals surface area contributed by atoms with Gasteiger partial charge in [0.1, 0.15) is 10.8 Å². The molecule has 1 aromatic carbocycles. The molecule has 0 spiro atoms.